The van der Waals surface area contributed by atoms with Gasteiger partial charge in [0.15, 0.2) is 0 Å². The summed E-state index contributed by atoms with van der Waals surface area (Å²) >= 11 is 0. The van der Waals surface area contributed by atoms with Crippen molar-refractivity contribution in [1.82, 2.24) is 9.29 Å². The summed E-state index contributed by atoms with van der Waals surface area (Å²) in [5.41, 5.74) is 0.805. The van der Waals surface area contributed by atoms with Crippen molar-refractivity contribution in [3.63, 3.8) is 0 Å². The van der Waals surface area contributed by atoms with Gasteiger partial charge in [0, 0.05) is 25.4 Å². The molecule has 1 aliphatic heterocycles. The number of allylic oxidation sites excluding steroid dienone is 2. The molecule has 0 radical (unpaired) electrons. The van der Waals surface area contributed by atoms with E-state index in [-0.39, 0.29) is 52.8 Å². The Balaban J connectivity index is 0.00000320. The molecule has 2 aromatic rings. The number of rotatable bonds is 8. The number of benzene rings is 1. The third-order valence-electron chi connectivity index (χ3n) is 5.05. The van der Waals surface area contributed by atoms with Gasteiger partial charge < -0.3 is 5.11 Å². The van der Waals surface area contributed by atoms with Crippen LogP contribution in [0.25, 0.3) is 0 Å². The van der Waals surface area contributed by atoms with Crippen molar-refractivity contribution in [1.29, 1.82) is 0 Å². The number of sulfonamides is 1. The van der Waals surface area contributed by atoms with Gasteiger partial charge in [-0.05, 0) is 61.1 Å². The molecule has 0 spiro atoms. The van der Waals surface area contributed by atoms with E-state index in [0.29, 0.717) is 25.8 Å². The van der Waals surface area contributed by atoms with E-state index in [4.69, 9.17) is 5.11 Å². The molecule has 0 bridgehead atoms. The second-order valence-electron chi connectivity index (χ2n) is 6.99. The maximum atomic E-state index is 13.2. The first-order chi connectivity index (χ1) is 13.9. The van der Waals surface area contributed by atoms with E-state index in [1.807, 2.05) is 18.2 Å². The van der Waals surface area contributed by atoms with Gasteiger partial charge in [0.2, 0.25) is 10.0 Å². The molecule has 0 aliphatic carbocycles. The van der Waals surface area contributed by atoms with Gasteiger partial charge >= 0.3 is 35.5 Å². The summed E-state index contributed by atoms with van der Waals surface area (Å²) in [4.78, 5) is 14.8. The van der Waals surface area contributed by atoms with Crippen LogP contribution in [0.5, 0.6) is 0 Å². The minimum atomic E-state index is -3.80. The molecule has 2 atom stereocenters. The monoisotopic (exact) mass is 442 g/mol. The minimum absolute atomic E-state index is 0. The molecule has 1 aliphatic rings. The van der Waals surface area contributed by atoms with Crippen molar-refractivity contribution in [2.45, 2.75) is 36.6 Å². The Labute approximate surface area is 198 Å². The number of carboxylic acid groups (broad SMARTS) is 1. The number of pyridine rings is 1. The summed E-state index contributed by atoms with van der Waals surface area (Å²) in [6.45, 7) is 0.354. The quantitative estimate of drug-likeness (QED) is 0.501. The molecule has 0 saturated carbocycles. The first-order valence-electron chi connectivity index (χ1n) is 9.43. The number of hydrogen-bond donors (Lipinski definition) is 1. The van der Waals surface area contributed by atoms with Crippen molar-refractivity contribution in [3.8, 4) is 0 Å². The average Bonchev–Trinajstić information content (AvgIpc) is 3.13. The van der Waals surface area contributed by atoms with Gasteiger partial charge in [-0.25, -0.2) is 12.8 Å². The van der Waals surface area contributed by atoms with Crippen LogP contribution in [0, 0.1) is 11.7 Å². The molecule has 0 amide bonds. The van der Waals surface area contributed by atoms with Crippen LogP contribution in [0.3, 0.4) is 0 Å². The van der Waals surface area contributed by atoms with Crippen LogP contribution >= 0.6 is 0 Å². The molecule has 2 heterocycles. The maximum absolute atomic E-state index is 13.2. The van der Waals surface area contributed by atoms with Gasteiger partial charge in [0.05, 0.1) is 10.9 Å². The van der Waals surface area contributed by atoms with Crippen molar-refractivity contribution in [2.24, 2.45) is 5.92 Å². The van der Waals surface area contributed by atoms with Crippen molar-refractivity contribution in [3.05, 3.63) is 72.3 Å². The third-order valence-corrected chi connectivity index (χ3v) is 6.95. The summed E-state index contributed by atoms with van der Waals surface area (Å²) in [5.74, 6) is -1.30. The molecular weight excluding hydrogens is 418 g/mol. The second kappa shape index (κ2) is 11.2. The molecule has 6 nitrogen and oxygen atoms in total. The zero-order valence-electron chi connectivity index (χ0n) is 15.8. The summed E-state index contributed by atoms with van der Waals surface area (Å²) in [6, 6.07) is 8.10. The van der Waals surface area contributed by atoms with Crippen LogP contribution in [0.15, 0.2) is 65.8 Å². The Kier molecular flexibility index (Phi) is 9.18. The molecule has 1 saturated heterocycles. The SMILES string of the molecule is O=C(O)CC/C=C\C[C@@H]1CCN(S(=O)(=O)c2ccc(F)cc2)[C@@H]1c1cccnc1.[NaH]. The fourth-order valence-corrected chi connectivity index (χ4v) is 5.36. The molecule has 1 fully saturated rings. The predicted octanol–water partition coefficient (Wildman–Crippen LogP) is 3.14. The van der Waals surface area contributed by atoms with Crippen LogP contribution < -0.4 is 0 Å². The number of halogens is 1. The van der Waals surface area contributed by atoms with Gasteiger partial charge in [-0.1, -0.05) is 18.2 Å². The first-order valence-corrected chi connectivity index (χ1v) is 10.9. The summed E-state index contributed by atoms with van der Waals surface area (Å²) < 4.78 is 41.2. The standard InChI is InChI=1S/C21H23FN2O4S.Na.H/c22-18-8-10-19(11-9-18)29(27,28)24-14-12-16(5-2-1-3-7-20(25)26)21(24)17-6-4-13-23-15-17;;/h1-2,4,6,8-11,13,15-16,21H,3,5,7,12,14H2,(H,25,26);;/b2-1-;;/t16-,21+;;/m1../s1. The Bertz CT molecular complexity index is 968. The van der Waals surface area contributed by atoms with Crippen LogP contribution in [0.4, 0.5) is 4.39 Å². The molecule has 30 heavy (non-hydrogen) atoms. The van der Waals surface area contributed by atoms with Gasteiger partial charge in [-0.15, -0.1) is 0 Å². The zero-order valence-corrected chi connectivity index (χ0v) is 16.6. The Hall–Kier alpha value is -1.58. The number of nitrogens with zero attached hydrogens (tertiary/aromatic N) is 2. The molecule has 1 aromatic carbocycles. The van der Waals surface area contributed by atoms with E-state index >= 15 is 0 Å². The number of aromatic nitrogens is 1. The molecular formula is C21H24FN2NaO4S. The zero-order chi connectivity index (χ0) is 20.9. The fourth-order valence-electron chi connectivity index (χ4n) is 3.67. The van der Waals surface area contributed by atoms with Crippen LogP contribution in [0.2, 0.25) is 0 Å². The topological polar surface area (TPSA) is 87.6 Å². The van der Waals surface area contributed by atoms with Crippen LogP contribution in [0.1, 0.15) is 37.3 Å². The second-order valence-corrected chi connectivity index (χ2v) is 8.88. The van der Waals surface area contributed by atoms with Crippen LogP contribution in [-0.4, -0.2) is 64.9 Å². The fraction of sp³-hybridized carbons (Fsp3) is 0.333. The Morgan fingerprint density at radius 3 is 2.60 bits per heavy atom. The van der Waals surface area contributed by atoms with E-state index in [0.717, 1.165) is 17.7 Å². The molecule has 1 N–H and O–H groups in total. The van der Waals surface area contributed by atoms with E-state index in [1.165, 1.54) is 16.4 Å². The van der Waals surface area contributed by atoms with Gasteiger partial charge in [-0.2, -0.15) is 4.31 Å². The van der Waals surface area contributed by atoms with E-state index in [9.17, 15) is 17.6 Å². The average molecular weight is 442 g/mol. The summed E-state index contributed by atoms with van der Waals surface area (Å²) in [6.07, 6.45) is 8.87. The molecule has 1 aromatic heterocycles. The van der Waals surface area contributed by atoms with Crippen LogP contribution in [-0.2, 0) is 14.8 Å². The Morgan fingerprint density at radius 2 is 1.97 bits per heavy atom. The van der Waals surface area contributed by atoms with Gasteiger partial charge in [-0.3, -0.25) is 9.78 Å². The van der Waals surface area contributed by atoms with Crippen molar-refractivity contribution < 1.29 is 22.7 Å². The molecule has 9 heteroatoms. The van der Waals surface area contributed by atoms with E-state index in [2.05, 4.69) is 4.98 Å². The summed E-state index contributed by atoms with van der Waals surface area (Å²) in [7, 11) is -3.80. The van der Waals surface area contributed by atoms with Gasteiger partial charge in [0.25, 0.3) is 0 Å². The normalized spacial score (nSPS) is 19.6. The number of aliphatic carboxylic acids is 1. The first kappa shape index (κ1) is 24.7. The molecule has 0 unspecified atom stereocenters. The summed E-state index contributed by atoms with van der Waals surface area (Å²) in [5, 5.41) is 8.73. The predicted molar refractivity (Wildman–Crippen MR) is 113 cm³/mol. The molecule has 3 rings (SSSR count). The van der Waals surface area contributed by atoms with Crippen molar-refractivity contribution in [2.75, 3.05) is 6.54 Å². The van der Waals surface area contributed by atoms with E-state index in [1.54, 1.807) is 18.5 Å². The van der Waals surface area contributed by atoms with Crippen molar-refractivity contribution >= 4 is 45.5 Å². The van der Waals surface area contributed by atoms with Gasteiger partial charge in [0.1, 0.15) is 5.82 Å². The number of carboxylic acids is 1. The molecule has 156 valence electrons. The number of hydrogen-bond acceptors (Lipinski definition) is 4. The third kappa shape index (κ3) is 5.98. The number of carbonyl (C=O) groups is 1. The van der Waals surface area contributed by atoms with E-state index < -0.39 is 21.8 Å². The Morgan fingerprint density at radius 1 is 1.23 bits per heavy atom.